The molecule has 3 aromatic rings. The summed E-state index contributed by atoms with van der Waals surface area (Å²) < 4.78 is 0. The molecule has 1 saturated heterocycles. The number of likely N-dealkylation sites (tertiary alicyclic amines) is 1. The Morgan fingerprint density at radius 2 is 1.78 bits per heavy atom. The van der Waals surface area contributed by atoms with Crippen LogP contribution in [0.3, 0.4) is 0 Å². The fourth-order valence-electron chi connectivity index (χ4n) is 3.84. The zero-order valence-electron chi connectivity index (χ0n) is 15.7. The molecule has 4 rings (SSSR count). The van der Waals surface area contributed by atoms with Crippen LogP contribution in [0.5, 0.6) is 0 Å². The molecule has 4 nitrogen and oxygen atoms in total. The maximum absolute atomic E-state index is 12.9. The summed E-state index contributed by atoms with van der Waals surface area (Å²) in [5, 5.41) is 4.16. The van der Waals surface area contributed by atoms with Gasteiger partial charge in [-0.1, -0.05) is 48.5 Å². The minimum absolute atomic E-state index is 0.0122. The third kappa shape index (κ3) is 4.17. The molecular formula is C23H25N3O. The van der Waals surface area contributed by atoms with Gasteiger partial charge in [0.25, 0.3) is 5.91 Å². The van der Waals surface area contributed by atoms with Gasteiger partial charge in [0, 0.05) is 36.8 Å². The number of benzene rings is 2. The quantitative estimate of drug-likeness (QED) is 0.767. The van der Waals surface area contributed by atoms with Gasteiger partial charge in [-0.3, -0.25) is 14.7 Å². The van der Waals surface area contributed by atoms with Gasteiger partial charge in [0.1, 0.15) is 0 Å². The van der Waals surface area contributed by atoms with Crippen LogP contribution in [-0.4, -0.2) is 34.9 Å². The maximum atomic E-state index is 12.9. The van der Waals surface area contributed by atoms with Crippen molar-refractivity contribution in [3.05, 3.63) is 77.5 Å². The zero-order valence-corrected chi connectivity index (χ0v) is 15.7. The highest BCUT2D eigenvalue weighted by atomic mass is 16.1. The number of nitrogens with zero attached hydrogens (tertiary/aromatic N) is 2. The predicted octanol–water partition coefficient (Wildman–Crippen LogP) is 3.94. The predicted molar refractivity (Wildman–Crippen MR) is 109 cm³/mol. The van der Waals surface area contributed by atoms with Gasteiger partial charge in [-0.25, -0.2) is 0 Å². The van der Waals surface area contributed by atoms with Crippen molar-refractivity contribution in [2.75, 3.05) is 13.1 Å². The average Bonchev–Trinajstić information content (AvgIpc) is 2.69. The second-order valence-corrected chi connectivity index (χ2v) is 7.34. The van der Waals surface area contributed by atoms with Crippen LogP contribution in [0, 0.1) is 6.92 Å². The molecule has 2 heterocycles. The van der Waals surface area contributed by atoms with Crippen molar-refractivity contribution in [2.24, 2.45) is 0 Å². The standard InChI is InChI=1S/C23H25N3O/c1-17-15-21(20-9-5-6-10-22(20)24-17)23(27)25-19-11-13-26(14-12-19)16-18-7-3-2-4-8-18/h2-10,15,19H,11-14,16H2,1H3,(H,25,27). The molecule has 0 atom stereocenters. The van der Waals surface area contributed by atoms with Crippen LogP contribution in [0.4, 0.5) is 0 Å². The van der Waals surface area contributed by atoms with Crippen molar-refractivity contribution in [2.45, 2.75) is 32.4 Å². The summed E-state index contributed by atoms with van der Waals surface area (Å²) >= 11 is 0. The molecule has 138 valence electrons. The summed E-state index contributed by atoms with van der Waals surface area (Å²) in [6.07, 6.45) is 1.97. The molecule has 0 saturated carbocycles. The number of nitrogens with one attached hydrogen (secondary N) is 1. The first-order valence-corrected chi connectivity index (χ1v) is 9.62. The van der Waals surface area contributed by atoms with Gasteiger partial charge in [-0.2, -0.15) is 0 Å². The number of rotatable bonds is 4. The van der Waals surface area contributed by atoms with Crippen LogP contribution in [0.15, 0.2) is 60.7 Å². The average molecular weight is 359 g/mol. The molecule has 0 radical (unpaired) electrons. The van der Waals surface area contributed by atoms with E-state index in [9.17, 15) is 4.79 Å². The lowest BCUT2D eigenvalue weighted by molar-refractivity contribution is 0.0910. The van der Waals surface area contributed by atoms with E-state index in [1.54, 1.807) is 0 Å². The third-order valence-corrected chi connectivity index (χ3v) is 5.26. The van der Waals surface area contributed by atoms with Gasteiger partial charge in [0.05, 0.1) is 11.1 Å². The van der Waals surface area contributed by atoms with E-state index in [0.29, 0.717) is 0 Å². The van der Waals surface area contributed by atoms with Gasteiger partial charge >= 0.3 is 0 Å². The molecule has 0 unspecified atom stereocenters. The zero-order chi connectivity index (χ0) is 18.6. The molecule has 1 aliphatic heterocycles. The number of aromatic nitrogens is 1. The van der Waals surface area contributed by atoms with Crippen molar-refractivity contribution in [1.29, 1.82) is 0 Å². The molecular weight excluding hydrogens is 334 g/mol. The summed E-state index contributed by atoms with van der Waals surface area (Å²) in [6.45, 7) is 4.94. The smallest absolute Gasteiger partial charge is 0.252 e. The number of piperidine rings is 1. The number of carbonyl (C=O) groups is 1. The van der Waals surface area contributed by atoms with E-state index in [0.717, 1.165) is 54.6 Å². The second-order valence-electron chi connectivity index (χ2n) is 7.34. The maximum Gasteiger partial charge on any atom is 0.252 e. The van der Waals surface area contributed by atoms with Crippen molar-refractivity contribution >= 4 is 16.8 Å². The van der Waals surface area contributed by atoms with E-state index in [1.807, 2.05) is 37.3 Å². The Labute approximate surface area is 160 Å². The number of carbonyl (C=O) groups excluding carboxylic acids is 1. The number of amides is 1. The van der Waals surface area contributed by atoms with Crippen LogP contribution in [0.1, 0.15) is 34.5 Å². The third-order valence-electron chi connectivity index (χ3n) is 5.26. The van der Waals surface area contributed by atoms with Crippen molar-refractivity contribution in [3.8, 4) is 0 Å². The van der Waals surface area contributed by atoms with Crippen LogP contribution < -0.4 is 5.32 Å². The topological polar surface area (TPSA) is 45.2 Å². The molecule has 27 heavy (non-hydrogen) atoms. The van der Waals surface area contributed by atoms with Crippen LogP contribution in [-0.2, 0) is 6.54 Å². The Kier molecular flexibility index (Phi) is 5.16. The van der Waals surface area contributed by atoms with E-state index < -0.39 is 0 Å². The molecule has 1 amide bonds. The summed E-state index contributed by atoms with van der Waals surface area (Å²) in [5.41, 5.74) is 3.82. The van der Waals surface area contributed by atoms with Crippen molar-refractivity contribution in [3.63, 3.8) is 0 Å². The van der Waals surface area contributed by atoms with E-state index in [4.69, 9.17) is 0 Å². The molecule has 0 bridgehead atoms. The van der Waals surface area contributed by atoms with Gasteiger partial charge in [-0.05, 0) is 37.5 Å². The Morgan fingerprint density at radius 3 is 2.56 bits per heavy atom. The van der Waals surface area contributed by atoms with Crippen molar-refractivity contribution in [1.82, 2.24) is 15.2 Å². The monoisotopic (exact) mass is 359 g/mol. The number of hydrogen-bond acceptors (Lipinski definition) is 3. The fourth-order valence-corrected chi connectivity index (χ4v) is 3.84. The molecule has 1 fully saturated rings. The first-order chi connectivity index (χ1) is 13.2. The summed E-state index contributed by atoms with van der Waals surface area (Å²) in [6, 6.07) is 20.5. The minimum Gasteiger partial charge on any atom is -0.349 e. The summed E-state index contributed by atoms with van der Waals surface area (Å²) in [4.78, 5) is 19.9. The lowest BCUT2D eigenvalue weighted by Gasteiger charge is -2.32. The molecule has 1 aromatic heterocycles. The van der Waals surface area contributed by atoms with E-state index in [2.05, 4.69) is 45.5 Å². The molecule has 0 spiro atoms. The molecule has 1 N–H and O–H groups in total. The number of pyridine rings is 1. The first kappa shape index (κ1) is 17.7. The number of hydrogen-bond donors (Lipinski definition) is 1. The Bertz CT molecular complexity index is 931. The molecule has 0 aliphatic carbocycles. The number of aryl methyl sites for hydroxylation is 1. The van der Waals surface area contributed by atoms with Gasteiger partial charge in [-0.15, -0.1) is 0 Å². The Hall–Kier alpha value is -2.72. The Morgan fingerprint density at radius 1 is 1.07 bits per heavy atom. The van der Waals surface area contributed by atoms with Crippen LogP contribution in [0.25, 0.3) is 10.9 Å². The first-order valence-electron chi connectivity index (χ1n) is 9.62. The van der Waals surface area contributed by atoms with Gasteiger partial charge in [0.2, 0.25) is 0 Å². The highest BCUT2D eigenvalue weighted by Gasteiger charge is 2.22. The Balaban J connectivity index is 1.39. The highest BCUT2D eigenvalue weighted by molar-refractivity contribution is 6.06. The summed E-state index contributed by atoms with van der Waals surface area (Å²) in [7, 11) is 0. The fraction of sp³-hybridized carbons (Fsp3) is 0.304. The SMILES string of the molecule is Cc1cc(C(=O)NC2CCN(Cc3ccccc3)CC2)c2ccccc2n1. The second kappa shape index (κ2) is 7.89. The van der Waals surface area contributed by atoms with Crippen LogP contribution in [0.2, 0.25) is 0 Å². The normalized spacial score (nSPS) is 15.7. The van der Waals surface area contributed by atoms with Crippen LogP contribution >= 0.6 is 0 Å². The van der Waals surface area contributed by atoms with E-state index >= 15 is 0 Å². The number of para-hydroxylation sites is 1. The molecule has 1 aliphatic rings. The van der Waals surface area contributed by atoms with Crippen molar-refractivity contribution < 1.29 is 4.79 Å². The molecule has 2 aromatic carbocycles. The molecule has 4 heteroatoms. The van der Waals surface area contributed by atoms with E-state index in [-0.39, 0.29) is 11.9 Å². The largest absolute Gasteiger partial charge is 0.349 e. The lowest BCUT2D eigenvalue weighted by atomic mass is 10.0. The van der Waals surface area contributed by atoms with Gasteiger partial charge in [0.15, 0.2) is 0 Å². The summed E-state index contributed by atoms with van der Waals surface area (Å²) in [5.74, 6) is 0.0122. The van der Waals surface area contributed by atoms with E-state index in [1.165, 1.54) is 5.56 Å². The lowest BCUT2D eigenvalue weighted by Crippen LogP contribution is -2.44. The minimum atomic E-state index is 0.0122. The highest BCUT2D eigenvalue weighted by Crippen LogP contribution is 2.20. The van der Waals surface area contributed by atoms with Gasteiger partial charge < -0.3 is 5.32 Å². The number of fused-ring (bicyclic) bond motifs is 1.